The molecule has 0 spiro atoms. The number of hydrogen-bond acceptors (Lipinski definition) is 3. The molecule has 6 heteroatoms. The second-order valence-electron chi connectivity index (χ2n) is 7.18. The third-order valence-corrected chi connectivity index (χ3v) is 7.28. The molecular weight excluding hydrogens is 360 g/mol. The third-order valence-electron chi connectivity index (χ3n) is 5.39. The van der Waals surface area contributed by atoms with Crippen LogP contribution in [0.3, 0.4) is 0 Å². The van der Waals surface area contributed by atoms with Gasteiger partial charge < -0.3 is 4.90 Å². The Morgan fingerprint density at radius 1 is 0.852 bits per heavy atom. The van der Waals surface area contributed by atoms with E-state index in [9.17, 15) is 13.2 Å². The molecule has 1 saturated heterocycles. The number of amides is 1. The molecule has 1 fully saturated rings. The summed E-state index contributed by atoms with van der Waals surface area (Å²) >= 11 is 0. The number of sulfonamides is 1. The van der Waals surface area contributed by atoms with Crippen LogP contribution in [0.5, 0.6) is 0 Å². The van der Waals surface area contributed by atoms with Gasteiger partial charge in [0.2, 0.25) is 10.0 Å². The zero-order chi connectivity index (χ0) is 18.9. The number of para-hydroxylation sites is 1. The predicted octanol–water partition coefficient (Wildman–Crippen LogP) is 3.45. The number of carbonyl (C=O) groups is 1. The Balaban J connectivity index is 1.64. The largest absolute Gasteiger partial charge is 0.308 e. The van der Waals surface area contributed by atoms with Crippen LogP contribution in [0.1, 0.15) is 41.6 Å². The lowest BCUT2D eigenvalue weighted by molar-refractivity contribution is 0.0985. The fourth-order valence-corrected chi connectivity index (χ4v) is 5.51. The van der Waals surface area contributed by atoms with Gasteiger partial charge in [0.25, 0.3) is 5.91 Å². The molecule has 0 aromatic heterocycles. The number of rotatable bonds is 3. The van der Waals surface area contributed by atoms with Crippen LogP contribution in [-0.2, 0) is 16.4 Å². The Morgan fingerprint density at radius 2 is 1.63 bits per heavy atom. The first-order chi connectivity index (χ1) is 13.1. The van der Waals surface area contributed by atoms with Crippen molar-refractivity contribution in [1.29, 1.82) is 0 Å². The lowest BCUT2D eigenvalue weighted by Gasteiger charge is -2.30. The summed E-state index contributed by atoms with van der Waals surface area (Å²) < 4.78 is 27.4. The predicted molar refractivity (Wildman–Crippen MR) is 105 cm³/mol. The molecule has 27 heavy (non-hydrogen) atoms. The molecule has 0 aliphatic carbocycles. The summed E-state index contributed by atoms with van der Waals surface area (Å²) in [6.45, 7) is 1.76. The van der Waals surface area contributed by atoms with Crippen molar-refractivity contribution in [3.63, 3.8) is 0 Å². The fourth-order valence-electron chi connectivity index (χ4n) is 3.94. The number of hydrogen-bond donors (Lipinski definition) is 0. The molecule has 5 nitrogen and oxygen atoms in total. The molecule has 2 aromatic carbocycles. The van der Waals surface area contributed by atoms with Crippen molar-refractivity contribution >= 4 is 21.6 Å². The van der Waals surface area contributed by atoms with Crippen LogP contribution in [0, 0.1) is 0 Å². The molecule has 2 aliphatic rings. The lowest BCUT2D eigenvalue weighted by Crippen LogP contribution is -2.36. The van der Waals surface area contributed by atoms with Crippen LogP contribution in [0.4, 0.5) is 5.69 Å². The fraction of sp³-hybridized carbons (Fsp3) is 0.381. The molecule has 2 heterocycles. The monoisotopic (exact) mass is 384 g/mol. The number of aryl methyl sites for hydroxylation is 1. The minimum Gasteiger partial charge on any atom is -0.308 e. The van der Waals surface area contributed by atoms with Crippen molar-refractivity contribution in [3.05, 3.63) is 59.7 Å². The van der Waals surface area contributed by atoms with Crippen molar-refractivity contribution < 1.29 is 13.2 Å². The van der Waals surface area contributed by atoms with Gasteiger partial charge in [-0.2, -0.15) is 4.31 Å². The molecule has 1 amide bonds. The van der Waals surface area contributed by atoms with Gasteiger partial charge >= 0.3 is 0 Å². The molecular formula is C21H24N2O3S. The van der Waals surface area contributed by atoms with E-state index >= 15 is 0 Å². The summed E-state index contributed by atoms with van der Waals surface area (Å²) in [5.41, 5.74) is 2.51. The average Bonchev–Trinajstić information content (AvgIpc) is 2.73. The maximum Gasteiger partial charge on any atom is 0.258 e. The molecule has 142 valence electrons. The highest BCUT2D eigenvalue weighted by molar-refractivity contribution is 7.89. The second kappa shape index (κ2) is 7.44. The topological polar surface area (TPSA) is 57.7 Å². The first-order valence-corrected chi connectivity index (χ1v) is 11.0. The van der Waals surface area contributed by atoms with E-state index in [1.165, 1.54) is 10.4 Å². The first-order valence-electron chi connectivity index (χ1n) is 9.57. The molecule has 2 aliphatic heterocycles. The number of nitrogens with zero attached hydrogens (tertiary/aromatic N) is 2. The number of anilines is 1. The Labute approximate surface area is 160 Å². The maximum atomic E-state index is 13.1. The van der Waals surface area contributed by atoms with Crippen LogP contribution in [0.25, 0.3) is 0 Å². The second-order valence-corrected chi connectivity index (χ2v) is 9.12. The van der Waals surface area contributed by atoms with E-state index < -0.39 is 10.0 Å². The van der Waals surface area contributed by atoms with Crippen LogP contribution in [0.2, 0.25) is 0 Å². The summed E-state index contributed by atoms with van der Waals surface area (Å²) in [6.07, 6.45) is 4.72. The molecule has 0 N–H and O–H groups in total. The normalized spacial score (nSPS) is 18.1. The molecule has 0 bridgehead atoms. The Bertz CT molecular complexity index is 949. The summed E-state index contributed by atoms with van der Waals surface area (Å²) in [4.78, 5) is 15.1. The summed E-state index contributed by atoms with van der Waals surface area (Å²) in [5.74, 6) is -0.141. The zero-order valence-electron chi connectivity index (χ0n) is 15.3. The van der Waals surface area contributed by atoms with Crippen molar-refractivity contribution in [1.82, 2.24) is 4.31 Å². The van der Waals surface area contributed by atoms with E-state index in [0.29, 0.717) is 25.2 Å². The van der Waals surface area contributed by atoms with Gasteiger partial charge in [0.1, 0.15) is 0 Å². The first kappa shape index (κ1) is 18.2. The number of carbonyl (C=O) groups excluding carboxylic acids is 1. The van der Waals surface area contributed by atoms with Crippen LogP contribution < -0.4 is 4.90 Å². The van der Waals surface area contributed by atoms with E-state index in [1.54, 1.807) is 23.1 Å². The van der Waals surface area contributed by atoms with E-state index in [-0.39, 0.29) is 10.8 Å². The number of piperidine rings is 1. The van der Waals surface area contributed by atoms with Gasteiger partial charge in [-0.15, -0.1) is 0 Å². The highest BCUT2D eigenvalue weighted by Gasteiger charge is 2.28. The Kier molecular flexibility index (Phi) is 5.02. The summed E-state index contributed by atoms with van der Waals surface area (Å²) in [6, 6.07) is 14.4. The average molecular weight is 385 g/mol. The van der Waals surface area contributed by atoms with Gasteiger partial charge in [-0.1, -0.05) is 30.7 Å². The van der Waals surface area contributed by atoms with Gasteiger partial charge in [-0.05, 0) is 55.5 Å². The SMILES string of the molecule is O=C(c1cccc(S(=O)(=O)N2CCCCC2)c1)N1CCCc2ccccc21. The van der Waals surface area contributed by atoms with E-state index in [0.717, 1.165) is 43.4 Å². The van der Waals surface area contributed by atoms with Gasteiger partial charge in [0, 0.05) is 30.9 Å². The van der Waals surface area contributed by atoms with E-state index in [2.05, 4.69) is 0 Å². The molecule has 0 radical (unpaired) electrons. The highest BCUT2D eigenvalue weighted by Crippen LogP contribution is 2.29. The summed E-state index contributed by atoms with van der Waals surface area (Å²) in [7, 11) is -3.55. The molecule has 0 unspecified atom stereocenters. The van der Waals surface area contributed by atoms with Gasteiger partial charge in [0.15, 0.2) is 0 Å². The molecule has 0 saturated carbocycles. The van der Waals surface area contributed by atoms with E-state index in [1.807, 2.05) is 24.3 Å². The maximum absolute atomic E-state index is 13.1. The van der Waals surface area contributed by atoms with Crippen molar-refractivity contribution in [2.75, 3.05) is 24.5 Å². The highest BCUT2D eigenvalue weighted by atomic mass is 32.2. The third kappa shape index (κ3) is 3.51. The molecule has 0 atom stereocenters. The van der Waals surface area contributed by atoms with E-state index in [4.69, 9.17) is 0 Å². The summed E-state index contributed by atoms with van der Waals surface area (Å²) in [5, 5.41) is 0. The lowest BCUT2D eigenvalue weighted by atomic mass is 10.0. The van der Waals surface area contributed by atoms with Gasteiger partial charge in [-0.3, -0.25) is 4.79 Å². The minimum absolute atomic E-state index is 0.141. The van der Waals surface area contributed by atoms with Crippen LogP contribution >= 0.6 is 0 Å². The van der Waals surface area contributed by atoms with Crippen LogP contribution in [0.15, 0.2) is 53.4 Å². The molecule has 2 aromatic rings. The Morgan fingerprint density at radius 3 is 2.44 bits per heavy atom. The Hall–Kier alpha value is -2.18. The quantitative estimate of drug-likeness (QED) is 0.814. The smallest absolute Gasteiger partial charge is 0.258 e. The number of fused-ring (bicyclic) bond motifs is 1. The van der Waals surface area contributed by atoms with Crippen molar-refractivity contribution in [3.8, 4) is 0 Å². The molecule has 4 rings (SSSR count). The van der Waals surface area contributed by atoms with Crippen molar-refractivity contribution in [2.45, 2.75) is 37.0 Å². The van der Waals surface area contributed by atoms with Gasteiger partial charge in [0.05, 0.1) is 4.90 Å². The standard InChI is InChI=1S/C21H24N2O3S/c24-21(23-15-7-10-17-8-2-3-12-20(17)23)18-9-6-11-19(16-18)27(25,26)22-13-4-1-5-14-22/h2-3,6,8-9,11-12,16H,1,4-5,7,10,13-15H2. The van der Waals surface area contributed by atoms with Crippen molar-refractivity contribution in [2.24, 2.45) is 0 Å². The number of benzene rings is 2. The van der Waals surface area contributed by atoms with Gasteiger partial charge in [-0.25, -0.2) is 8.42 Å². The van der Waals surface area contributed by atoms with Crippen LogP contribution in [-0.4, -0.2) is 38.3 Å². The minimum atomic E-state index is -3.55. The zero-order valence-corrected chi connectivity index (χ0v) is 16.1.